The molecule has 1 fully saturated rings. The predicted octanol–water partition coefficient (Wildman–Crippen LogP) is 4.77. The molecule has 36 heavy (non-hydrogen) atoms. The maximum absolute atomic E-state index is 13.6. The van der Waals surface area contributed by atoms with E-state index in [1.807, 2.05) is 56.3 Å². The molecule has 0 aliphatic carbocycles. The fourth-order valence-corrected chi connectivity index (χ4v) is 4.92. The second-order valence-corrected chi connectivity index (χ2v) is 11.0. The third kappa shape index (κ3) is 5.72. The van der Waals surface area contributed by atoms with Crippen LogP contribution in [-0.2, 0) is 16.0 Å². The number of hydrogen-bond donors (Lipinski definition) is 1. The van der Waals surface area contributed by atoms with E-state index in [4.69, 9.17) is 9.47 Å². The van der Waals surface area contributed by atoms with E-state index in [9.17, 15) is 14.4 Å². The number of alkyl carbamates (subject to hydrolysis) is 1. The van der Waals surface area contributed by atoms with Gasteiger partial charge in [0.1, 0.15) is 23.0 Å². The maximum atomic E-state index is 13.6. The Morgan fingerprint density at radius 3 is 2.39 bits per heavy atom. The number of ether oxygens (including phenoxy) is 2. The number of nitrogens with one attached hydrogen (secondary N) is 1. The number of fused-ring (bicyclic) bond motifs is 1. The van der Waals surface area contributed by atoms with Crippen molar-refractivity contribution in [1.29, 1.82) is 0 Å². The summed E-state index contributed by atoms with van der Waals surface area (Å²) >= 11 is 0. The average molecular weight is 493 g/mol. The number of nitrogens with zero attached hydrogens (tertiary/aromatic N) is 1. The summed E-state index contributed by atoms with van der Waals surface area (Å²) in [5.41, 5.74) is 2.40. The zero-order valence-corrected chi connectivity index (χ0v) is 21.8. The quantitative estimate of drug-likeness (QED) is 0.665. The average Bonchev–Trinajstić information content (AvgIpc) is 2.81. The summed E-state index contributed by atoms with van der Waals surface area (Å²) in [7, 11) is 0. The van der Waals surface area contributed by atoms with Gasteiger partial charge in [-0.25, -0.2) is 4.79 Å². The first-order valence-electron chi connectivity index (χ1n) is 12.6. The van der Waals surface area contributed by atoms with Gasteiger partial charge in [0.2, 0.25) is 5.91 Å². The largest absolute Gasteiger partial charge is 0.486 e. The SMILES string of the molecule is Cc1ccc2c(c1C)OC1(CCN(C(=O)C(Cc3ccccc3)NC(=O)OC(C)(C)C)CC1)CC2=O. The van der Waals surface area contributed by atoms with E-state index in [0.717, 1.165) is 16.7 Å². The molecule has 0 radical (unpaired) electrons. The second kappa shape index (κ2) is 9.96. The Morgan fingerprint density at radius 2 is 1.75 bits per heavy atom. The van der Waals surface area contributed by atoms with Crippen molar-refractivity contribution in [3.63, 3.8) is 0 Å². The lowest BCUT2D eigenvalue weighted by atomic mass is 9.81. The van der Waals surface area contributed by atoms with Crippen LogP contribution in [0.25, 0.3) is 0 Å². The first-order valence-corrected chi connectivity index (χ1v) is 12.6. The lowest BCUT2D eigenvalue weighted by Crippen LogP contribution is -2.56. The molecule has 1 spiro atoms. The van der Waals surface area contributed by atoms with Gasteiger partial charge in [0.05, 0.1) is 12.0 Å². The first kappa shape index (κ1) is 25.7. The molecule has 2 aliphatic heterocycles. The van der Waals surface area contributed by atoms with Crippen molar-refractivity contribution >= 4 is 17.8 Å². The zero-order valence-electron chi connectivity index (χ0n) is 21.8. The van der Waals surface area contributed by atoms with Crippen LogP contribution in [0.15, 0.2) is 42.5 Å². The van der Waals surface area contributed by atoms with Crippen molar-refractivity contribution in [2.75, 3.05) is 13.1 Å². The highest BCUT2D eigenvalue weighted by Crippen LogP contribution is 2.41. The topological polar surface area (TPSA) is 84.9 Å². The number of likely N-dealkylation sites (tertiary alicyclic amines) is 1. The molecule has 0 saturated carbocycles. The van der Waals surface area contributed by atoms with Crippen molar-refractivity contribution in [2.24, 2.45) is 0 Å². The summed E-state index contributed by atoms with van der Waals surface area (Å²) in [6.45, 7) is 10.3. The molecule has 2 aliphatic rings. The molecule has 7 nitrogen and oxygen atoms in total. The molecule has 2 aromatic carbocycles. The second-order valence-electron chi connectivity index (χ2n) is 11.0. The van der Waals surface area contributed by atoms with Gasteiger partial charge in [0.15, 0.2) is 5.78 Å². The summed E-state index contributed by atoms with van der Waals surface area (Å²) in [5, 5.41) is 2.79. The van der Waals surface area contributed by atoms with Gasteiger partial charge in [0.25, 0.3) is 0 Å². The van der Waals surface area contributed by atoms with Gasteiger partial charge in [0, 0.05) is 32.4 Å². The Bertz CT molecular complexity index is 1140. The van der Waals surface area contributed by atoms with Crippen LogP contribution in [0.4, 0.5) is 4.79 Å². The highest BCUT2D eigenvalue weighted by molar-refractivity contribution is 6.01. The molecule has 2 aromatic rings. The highest BCUT2D eigenvalue weighted by Gasteiger charge is 2.45. The minimum atomic E-state index is -0.754. The van der Waals surface area contributed by atoms with Crippen molar-refractivity contribution < 1.29 is 23.9 Å². The third-order valence-electron chi connectivity index (χ3n) is 7.04. The molecule has 0 bridgehead atoms. The Kier molecular flexibility index (Phi) is 7.12. The number of benzene rings is 2. The molecule has 1 saturated heterocycles. The molecular formula is C29H36N2O5. The molecule has 7 heteroatoms. The summed E-state index contributed by atoms with van der Waals surface area (Å²) in [6, 6.07) is 12.7. The third-order valence-corrected chi connectivity index (χ3v) is 7.04. The van der Waals surface area contributed by atoms with E-state index < -0.39 is 23.3 Å². The number of carbonyl (C=O) groups is 3. The Labute approximate surface area is 213 Å². The van der Waals surface area contributed by atoms with Crippen LogP contribution in [-0.4, -0.2) is 53.0 Å². The van der Waals surface area contributed by atoms with Crippen molar-refractivity contribution in [1.82, 2.24) is 10.2 Å². The Hall–Kier alpha value is -3.35. The van der Waals surface area contributed by atoms with Gasteiger partial charge in [-0.05, 0) is 57.4 Å². The lowest BCUT2D eigenvalue weighted by molar-refractivity contribution is -0.137. The summed E-state index contributed by atoms with van der Waals surface area (Å²) < 4.78 is 11.9. The van der Waals surface area contributed by atoms with Crippen LogP contribution in [0.1, 0.15) is 67.1 Å². The molecule has 2 amide bonds. The van der Waals surface area contributed by atoms with Gasteiger partial charge >= 0.3 is 6.09 Å². The van der Waals surface area contributed by atoms with Crippen LogP contribution >= 0.6 is 0 Å². The van der Waals surface area contributed by atoms with Gasteiger partial charge < -0.3 is 19.7 Å². The fourth-order valence-electron chi connectivity index (χ4n) is 4.92. The van der Waals surface area contributed by atoms with Gasteiger partial charge in [-0.2, -0.15) is 0 Å². The Morgan fingerprint density at radius 1 is 1.08 bits per heavy atom. The van der Waals surface area contributed by atoms with Crippen molar-refractivity contribution in [3.05, 3.63) is 64.7 Å². The minimum absolute atomic E-state index is 0.0904. The number of amides is 2. The molecular weight excluding hydrogens is 456 g/mol. The summed E-state index contributed by atoms with van der Waals surface area (Å²) in [4.78, 5) is 40.9. The maximum Gasteiger partial charge on any atom is 0.408 e. The molecule has 1 unspecified atom stereocenters. The van der Waals surface area contributed by atoms with Crippen molar-refractivity contribution in [3.8, 4) is 5.75 Å². The van der Waals surface area contributed by atoms with E-state index in [-0.39, 0.29) is 11.7 Å². The standard InChI is InChI=1S/C29H36N2O5/c1-19-11-12-22-24(32)18-29(35-25(22)20(19)2)13-15-31(16-14-29)26(33)23(17-21-9-7-6-8-10-21)30-27(34)36-28(3,4)5/h6-12,23H,13-18H2,1-5H3,(H,30,34). The number of Topliss-reactive ketones (excluding diaryl/α,β-unsaturated/α-hetero) is 1. The lowest BCUT2D eigenvalue weighted by Gasteiger charge is -2.45. The minimum Gasteiger partial charge on any atom is -0.486 e. The fraction of sp³-hybridized carbons (Fsp3) is 0.483. The van der Waals surface area contributed by atoms with Gasteiger partial charge in [-0.1, -0.05) is 36.4 Å². The number of piperidine rings is 1. The van der Waals surface area contributed by atoms with E-state index >= 15 is 0 Å². The summed E-state index contributed by atoms with van der Waals surface area (Å²) in [5.74, 6) is 0.612. The first-order chi connectivity index (χ1) is 17.0. The van der Waals surface area contributed by atoms with Crippen LogP contribution in [0.3, 0.4) is 0 Å². The van der Waals surface area contributed by atoms with Crippen LogP contribution < -0.4 is 10.1 Å². The highest BCUT2D eigenvalue weighted by atomic mass is 16.6. The molecule has 1 N–H and O–H groups in total. The number of rotatable bonds is 4. The smallest absolute Gasteiger partial charge is 0.408 e. The zero-order chi connectivity index (χ0) is 26.1. The molecule has 1 atom stereocenters. The molecule has 192 valence electrons. The van der Waals surface area contributed by atoms with Crippen molar-refractivity contribution in [2.45, 2.75) is 77.5 Å². The van der Waals surface area contributed by atoms with E-state index in [2.05, 4.69) is 5.32 Å². The monoisotopic (exact) mass is 492 g/mol. The molecule has 0 aromatic heterocycles. The number of aryl methyl sites for hydroxylation is 1. The van der Waals surface area contributed by atoms with Crippen LogP contribution in [0.2, 0.25) is 0 Å². The van der Waals surface area contributed by atoms with Gasteiger partial charge in [-0.3, -0.25) is 9.59 Å². The van der Waals surface area contributed by atoms with E-state index in [0.29, 0.717) is 50.1 Å². The van der Waals surface area contributed by atoms with E-state index in [1.165, 1.54) is 0 Å². The number of hydrogen-bond acceptors (Lipinski definition) is 5. The normalized spacial score (nSPS) is 17.7. The Balaban J connectivity index is 1.47. The molecule has 2 heterocycles. The number of carbonyl (C=O) groups excluding carboxylic acids is 3. The number of ketones is 1. The van der Waals surface area contributed by atoms with E-state index in [1.54, 1.807) is 25.7 Å². The molecule has 4 rings (SSSR count). The summed E-state index contributed by atoms with van der Waals surface area (Å²) in [6.07, 6.45) is 1.17. The van der Waals surface area contributed by atoms with Crippen LogP contribution in [0.5, 0.6) is 5.75 Å². The predicted molar refractivity (Wildman–Crippen MR) is 137 cm³/mol. The van der Waals surface area contributed by atoms with Gasteiger partial charge in [-0.15, -0.1) is 0 Å². The van der Waals surface area contributed by atoms with Crippen LogP contribution in [0, 0.1) is 13.8 Å².